The number of nitrogens with zero attached hydrogens (tertiary/aromatic N) is 1. The summed E-state index contributed by atoms with van der Waals surface area (Å²) in [6, 6.07) is 7.26. The van der Waals surface area contributed by atoms with Crippen LogP contribution in [0.15, 0.2) is 35.2 Å². The summed E-state index contributed by atoms with van der Waals surface area (Å²) < 4.78 is 42.8. The van der Waals surface area contributed by atoms with Crippen LogP contribution in [0.5, 0.6) is 17.2 Å². The zero-order chi connectivity index (χ0) is 22.5. The van der Waals surface area contributed by atoms with E-state index in [4.69, 9.17) is 25.8 Å². The van der Waals surface area contributed by atoms with Gasteiger partial charge in [0.05, 0.1) is 26.4 Å². The minimum Gasteiger partial charge on any atom is -0.493 e. The van der Waals surface area contributed by atoms with E-state index in [2.05, 4.69) is 5.32 Å². The third-order valence-electron chi connectivity index (χ3n) is 4.44. The van der Waals surface area contributed by atoms with Gasteiger partial charge in [-0.3, -0.25) is 4.79 Å². The van der Waals surface area contributed by atoms with E-state index in [1.54, 1.807) is 26.0 Å². The van der Waals surface area contributed by atoms with Gasteiger partial charge in [-0.1, -0.05) is 25.4 Å². The molecule has 0 spiro atoms. The number of halogens is 1. The second-order valence-corrected chi connectivity index (χ2v) is 8.42. The molecule has 0 saturated carbocycles. The Hall–Kier alpha value is -2.49. The van der Waals surface area contributed by atoms with Gasteiger partial charge in [0.1, 0.15) is 4.90 Å². The average molecular weight is 457 g/mol. The molecule has 0 bridgehead atoms. The number of carbonyl (C=O) groups is 1. The summed E-state index contributed by atoms with van der Waals surface area (Å²) in [5.41, 5.74) is 0.525. The van der Waals surface area contributed by atoms with E-state index in [1.807, 2.05) is 0 Å². The van der Waals surface area contributed by atoms with Gasteiger partial charge in [-0.25, -0.2) is 8.42 Å². The van der Waals surface area contributed by atoms with E-state index in [0.717, 1.165) is 0 Å². The fourth-order valence-electron chi connectivity index (χ4n) is 2.90. The van der Waals surface area contributed by atoms with Crippen LogP contribution in [0, 0.1) is 0 Å². The minimum absolute atomic E-state index is 0.0474. The Kier molecular flexibility index (Phi) is 7.94. The molecule has 0 aliphatic heterocycles. The molecule has 0 unspecified atom stereocenters. The van der Waals surface area contributed by atoms with Crippen molar-refractivity contribution in [1.29, 1.82) is 0 Å². The van der Waals surface area contributed by atoms with E-state index in [-0.39, 0.29) is 28.6 Å². The van der Waals surface area contributed by atoms with Crippen molar-refractivity contribution in [3.05, 3.63) is 40.9 Å². The molecule has 2 aromatic carbocycles. The summed E-state index contributed by atoms with van der Waals surface area (Å²) in [5.74, 6) is 0.607. The molecule has 30 heavy (non-hydrogen) atoms. The zero-order valence-corrected chi connectivity index (χ0v) is 19.1. The summed E-state index contributed by atoms with van der Waals surface area (Å²) in [5, 5.41) is 2.76. The lowest BCUT2D eigenvalue weighted by atomic mass is 10.2. The smallest absolute Gasteiger partial charge is 0.255 e. The van der Waals surface area contributed by atoms with E-state index >= 15 is 0 Å². The minimum atomic E-state index is -3.83. The predicted molar refractivity (Wildman–Crippen MR) is 116 cm³/mol. The molecule has 8 nitrogen and oxygen atoms in total. The highest BCUT2D eigenvalue weighted by Crippen LogP contribution is 2.40. The number of anilines is 1. The third kappa shape index (κ3) is 4.80. The number of methoxy groups -OCH3 is 3. The van der Waals surface area contributed by atoms with Crippen LogP contribution in [-0.4, -0.2) is 53.0 Å². The molecule has 164 valence electrons. The first-order valence-electron chi connectivity index (χ1n) is 9.14. The van der Waals surface area contributed by atoms with Crippen LogP contribution < -0.4 is 19.5 Å². The number of rotatable bonds is 9. The van der Waals surface area contributed by atoms with Gasteiger partial charge in [0.25, 0.3) is 5.91 Å². The van der Waals surface area contributed by atoms with Gasteiger partial charge in [-0.15, -0.1) is 0 Å². The van der Waals surface area contributed by atoms with Crippen LogP contribution in [-0.2, 0) is 10.0 Å². The van der Waals surface area contributed by atoms with Gasteiger partial charge >= 0.3 is 0 Å². The van der Waals surface area contributed by atoms with Gasteiger partial charge in [-0.05, 0) is 18.2 Å². The summed E-state index contributed by atoms with van der Waals surface area (Å²) >= 11 is 6.13. The number of carbonyl (C=O) groups excluding carboxylic acids is 1. The van der Waals surface area contributed by atoms with Crippen LogP contribution in [0.25, 0.3) is 0 Å². The number of nitrogens with one attached hydrogen (secondary N) is 1. The summed E-state index contributed by atoms with van der Waals surface area (Å²) in [6.07, 6.45) is 0. The lowest BCUT2D eigenvalue weighted by Gasteiger charge is -2.19. The van der Waals surface area contributed by atoms with Crippen LogP contribution in [0.4, 0.5) is 5.69 Å². The van der Waals surface area contributed by atoms with Crippen LogP contribution in [0.1, 0.15) is 24.2 Å². The molecule has 2 aromatic rings. The fourth-order valence-corrected chi connectivity index (χ4v) is 4.86. The van der Waals surface area contributed by atoms with Crippen molar-refractivity contribution in [2.75, 3.05) is 39.7 Å². The molecule has 10 heteroatoms. The highest BCUT2D eigenvalue weighted by molar-refractivity contribution is 7.89. The highest BCUT2D eigenvalue weighted by atomic mass is 35.5. The van der Waals surface area contributed by atoms with E-state index in [0.29, 0.717) is 22.9 Å². The quantitative estimate of drug-likeness (QED) is 0.619. The largest absolute Gasteiger partial charge is 0.493 e. The maximum atomic E-state index is 12.8. The topological polar surface area (TPSA) is 94.2 Å². The second kappa shape index (κ2) is 10.0. The Bertz CT molecular complexity index is 997. The molecule has 2 rings (SSSR count). The number of hydrogen-bond acceptors (Lipinski definition) is 6. The zero-order valence-electron chi connectivity index (χ0n) is 17.5. The Morgan fingerprint density at radius 2 is 1.57 bits per heavy atom. The molecule has 1 N–H and O–H groups in total. The average Bonchev–Trinajstić information content (AvgIpc) is 2.73. The molecular weight excluding hydrogens is 432 g/mol. The first kappa shape index (κ1) is 23.8. The molecule has 0 aliphatic rings. The van der Waals surface area contributed by atoms with Crippen LogP contribution in [0.2, 0.25) is 5.02 Å². The van der Waals surface area contributed by atoms with Crippen molar-refractivity contribution in [3.8, 4) is 17.2 Å². The van der Waals surface area contributed by atoms with Crippen molar-refractivity contribution in [2.45, 2.75) is 18.7 Å². The molecule has 0 fully saturated rings. The molecule has 0 saturated heterocycles. The van der Waals surface area contributed by atoms with Gasteiger partial charge < -0.3 is 19.5 Å². The van der Waals surface area contributed by atoms with Gasteiger partial charge in [0.2, 0.25) is 15.8 Å². The Labute approximate surface area is 181 Å². The summed E-state index contributed by atoms with van der Waals surface area (Å²) in [6.45, 7) is 4.04. The molecule has 0 aliphatic carbocycles. The van der Waals surface area contributed by atoms with Gasteiger partial charge in [0, 0.05) is 36.5 Å². The molecule has 0 heterocycles. The summed E-state index contributed by atoms with van der Waals surface area (Å²) in [4.78, 5) is 12.7. The molecule has 0 aromatic heterocycles. The molecule has 1 amide bonds. The second-order valence-electron chi connectivity index (χ2n) is 6.10. The number of hydrogen-bond donors (Lipinski definition) is 1. The van der Waals surface area contributed by atoms with E-state index in [1.165, 1.54) is 43.8 Å². The van der Waals surface area contributed by atoms with Crippen LogP contribution >= 0.6 is 11.6 Å². The van der Waals surface area contributed by atoms with Gasteiger partial charge in [0.15, 0.2) is 11.5 Å². The normalized spacial score (nSPS) is 11.3. The third-order valence-corrected chi connectivity index (χ3v) is 6.97. The maximum absolute atomic E-state index is 12.8. The van der Waals surface area contributed by atoms with Crippen molar-refractivity contribution < 1.29 is 27.4 Å². The van der Waals surface area contributed by atoms with Crippen molar-refractivity contribution in [2.24, 2.45) is 0 Å². The SMILES string of the molecule is CCN(CC)S(=O)(=O)c1cc(C(=O)Nc2cc(OC)c(OC)c(OC)c2)ccc1Cl. The number of sulfonamides is 1. The van der Waals surface area contributed by atoms with Crippen molar-refractivity contribution in [3.63, 3.8) is 0 Å². The standard InChI is InChI=1S/C20H25ClN2O6S/c1-6-23(7-2)30(25,26)18-10-13(8-9-15(18)21)20(24)22-14-11-16(27-3)19(29-5)17(12-14)28-4/h8-12H,6-7H2,1-5H3,(H,22,24). The molecule has 0 atom stereocenters. The Morgan fingerprint density at radius 1 is 1.00 bits per heavy atom. The number of benzene rings is 2. The first-order valence-corrected chi connectivity index (χ1v) is 11.0. The molecular formula is C20H25ClN2O6S. The predicted octanol–water partition coefficient (Wildman–Crippen LogP) is 3.65. The lowest BCUT2D eigenvalue weighted by Crippen LogP contribution is -2.31. The molecule has 0 radical (unpaired) electrons. The number of ether oxygens (including phenoxy) is 3. The van der Waals surface area contributed by atoms with Crippen molar-refractivity contribution >= 4 is 33.2 Å². The van der Waals surface area contributed by atoms with Gasteiger partial charge in [-0.2, -0.15) is 4.31 Å². The maximum Gasteiger partial charge on any atom is 0.255 e. The monoisotopic (exact) mass is 456 g/mol. The Morgan fingerprint density at radius 3 is 2.03 bits per heavy atom. The fraction of sp³-hybridized carbons (Fsp3) is 0.350. The highest BCUT2D eigenvalue weighted by Gasteiger charge is 2.26. The van der Waals surface area contributed by atoms with Crippen molar-refractivity contribution in [1.82, 2.24) is 4.31 Å². The first-order chi connectivity index (χ1) is 14.2. The van der Waals surface area contributed by atoms with Crippen LogP contribution in [0.3, 0.4) is 0 Å². The summed E-state index contributed by atoms with van der Waals surface area (Å²) in [7, 11) is 0.580. The Balaban J connectivity index is 2.42. The van der Waals surface area contributed by atoms with E-state index in [9.17, 15) is 13.2 Å². The number of amides is 1. The van der Waals surface area contributed by atoms with E-state index < -0.39 is 15.9 Å². The lowest BCUT2D eigenvalue weighted by molar-refractivity contribution is 0.102.